The Morgan fingerprint density at radius 3 is 2.16 bits per heavy atom. The Morgan fingerprint density at radius 1 is 0.919 bits per heavy atom. The summed E-state index contributed by atoms with van der Waals surface area (Å²) in [5.41, 5.74) is 1.93. The van der Waals surface area contributed by atoms with Gasteiger partial charge in [-0.2, -0.15) is 0 Å². The summed E-state index contributed by atoms with van der Waals surface area (Å²) in [6.45, 7) is 2.01. The third kappa shape index (κ3) is 3.95. The minimum atomic E-state index is -1.16. The Balaban J connectivity index is 1.66. The van der Waals surface area contributed by atoms with Crippen molar-refractivity contribution in [2.45, 2.75) is 25.5 Å². The number of hydroxylamine groups is 1. The first-order valence-corrected chi connectivity index (χ1v) is 11.8. The van der Waals surface area contributed by atoms with Crippen LogP contribution in [0.25, 0.3) is 0 Å². The zero-order valence-corrected chi connectivity index (χ0v) is 20.5. The van der Waals surface area contributed by atoms with Crippen molar-refractivity contribution >= 4 is 28.9 Å². The largest absolute Gasteiger partial charge is 0.493 e. The molecule has 10 heteroatoms. The van der Waals surface area contributed by atoms with Crippen molar-refractivity contribution in [2.24, 2.45) is 5.92 Å². The zero-order chi connectivity index (χ0) is 26.3. The van der Waals surface area contributed by atoms with Crippen LogP contribution in [0.2, 0.25) is 0 Å². The summed E-state index contributed by atoms with van der Waals surface area (Å²) in [4.78, 5) is 46.2. The summed E-state index contributed by atoms with van der Waals surface area (Å²) in [6.07, 6.45) is -0.343. The SMILES string of the molecule is CCc1ccc(N2C(=O)C3ON(c4ccccc4)C(c4cc(OC)c(OC)cc4[N+](=O)[O-])C3C2=O)cc1. The van der Waals surface area contributed by atoms with Crippen LogP contribution in [-0.4, -0.2) is 37.1 Å². The highest BCUT2D eigenvalue weighted by atomic mass is 16.7. The number of imide groups is 1. The molecule has 2 aliphatic heterocycles. The quantitative estimate of drug-likeness (QED) is 0.268. The fourth-order valence-electron chi connectivity index (χ4n) is 4.94. The first-order chi connectivity index (χ1) is 17.9. The fraction of sp³-hybridized carbons (Fsp3) is 0.259. The van der Waals surface area contributed by atoms with Gasteiger partial charge in [0.2, 0.25) is 5.91 Å². The topological polar surface area (TPSA) is 111 Å². The number of methoxy groups -OCH3 is 2. The highest BCUT2D eigenvalue weighted by Crippen LogP contribution is 2.51. The van der Waals surface area contributed by atoms with E-state index in [-0.39, 0.29) is 22.7 Å². The van der Waals surface area contributed by atoms with E-state index in [1.54, 1.807) is 36.4 Å². The molecule has 0 spiro atoms. The van der Waals surface area contributed by atoms with E-state index in [4.69, 9.17) is 14.3 Å². The summed E-state index contributed by atoms with van der Waals surface area (Å²) in [7, 11) is 2.80. The lowest BCUT2D eigenvalue weighted by molar-refractivity contribution is -0.385. The van der Waals surface area contributed by atoms with E-state index in [0.29, 0.717) is 11.4 Å². The first-order valence-electron chi connectivity index (χ1n) is 11.8. The fourth-order valence-corrected chi connectivity index (χ4v) is 4.94. The molecule has 0 N–H and O–H groups in total. The lowest BCUT2D eigenvalue weighted by Gasteiger charge is -2.29. The Bertz CT molecular complexity index is 1360. The average molecular weight is 504 g/mol. The number of nitro benzene ring substituents is 1. The average Bonchev–Trinajstić information content (AvgIpc) is 3.43. The number of benzene rings is 3. The number of hydrogen-bond acceptors (Lipinski definition) is 8. The van der Waals surface area contributed by atoms with Crippen LogP contribution in [0.15, 0.2) is 66.7 Å². The molecule has 3 aromatic rings. The van der Waals surface area contributed by atoms with Gasteiger partial charge in [-0.15, -0.1) is 0 Å². The van der Waals surface area contributed by atoms with E-state index in [0.717, 1.165) is 16.9 Å². The van der Waals surface area contributed by atoms with Gasteiger partial charge in [0.1, 0.15) is 12.0 Å². The number of anilines is 2. The molecule has 3 unspecified atom stereocenters. The first kappa shape index (κ1) is 24.3. The van der Waals surface area contributed by atoms with Crippen molar-refractivity contribution < 1.29 is 28.8 Å². The molecule has 2 saturated heterocycles. The lowest BCUT2D eigenvalue weighted by Crippen LogP contribution is -2.37. The molecule has 2 fully saturated rings. The smallest absolute Gasteiger partial charge is 0.278 e. The van der Waals surface area contributed by atoms with Crippen molar-refractivity contribution in [2.75, 3.05) is 24.2 Å². The summed E-state index contributed by atoms with van der Waals surface area (Å²) in [6, 6.07) is 17.8. The molecule has 3 atom stereocenters. The van der Waals surface area contributed by atoms with Crippen LogP contribution in [0.4, 0.5) is 17.1 Å². The Kier molecular flexibility index (Phi) is 6.26. The number of nitrogens with zero attached hydrogens (tertiary/aromatic N) is 3. The van der Waals surface area contributed by atoms with Crippen LogP contribution in [0, 0.1) is 16.0 Å². The Morgan fingerprint density at radius 2 is 1.57 bits per heavy atom. The third-order valence-electron chi connectivity index (χ3n) is 6.78. The number of rotatable bonds is 7. The molecule has 0 saturated carbocycles. The van der Waals surface area contributed by atoms with Crippen LogP contribution >= 0.6 is 0 Å². The van der Waals surface area contributed by atoms with Crippen LogP contribution in [0.5, 0.6) is 11.5 Å². The number of ether oxygens (including phenoxy) is 2. The maximum absolute atomic E-state index is 13.8. The van der Waals surface area contributed by atoms with Gasteiger partial charge in [0.25, 0.3) is 11.6 Å². The molecular weight excluding hydrogens is 478 g/mol. The van der Waals surface area contributed by atoms with Crippen molar-refractivity contribution in [3.05, 3.63) is 88.0 Å². The van der Waals surface area contributed by atoms with E-state index in [1.807, 2.05) is 25.1 Å². The number of para-hydroxylation sites is 1. The van der Waals surface area contributed by atoms with Gasteiger partial charge in [-0.3, -0.25) is 24.5 Å². The van der Waals surface area contributed by atoms with Gasteiger partial charge in [0, 0.05) is 0 Å². The van der Waals surface area contributed by atoms with Gasteiger partial charge in [-0.25, -0.2) is 9.96 Å². The van der Waals surface area contributed by atoms with Crippen LogP contribution < -0.4 is 19.4 Å². The number of fused-ring (bicyclic) bond motifs is 1. The molecule has 190 valence electrons. The monoisotopic (exact) mass is 503 g/mol. The van der Waals surface area contributed by atoms with Gasteiger partial charge < -0.3 is 9.47 Å². The Labute approximate surface area is 213 Å². The van der Waals surface area contributed by atoms with Crippen molar-refractivity contribution in [1.82, 2.24) is 0 Å². The van der Waals surface area contributed by atoms with Gasteiger partial charge in [-0.05, 0) is 42.3 Å². The molecule has 3 aromatic carbocycles. The molecule has 2 amide bonds. The summed E-state index contributed by atoms with van der Waals surface area (Å²) in [5, 5.41) is 13.6. The van der Waals surface area contributed by atoms with E-state index < -0.39 is 34.8 Å². The maximum Gasteiger partial charge on any atom is 0.278 e. The minimum Gasteiger partial charge on any atom is -0.493 e. The number of hydrogen-bond donors (Lipinski definition) is 0. The summed E-state index contributed by atoms with van der Waals surface area (Å²) in [5.74, 6) is -1.62. The molecule has 2 heterocycles. The van der Waals surface area contributed by atoms with Gasteiger partial charge in [0.15, 0.2) is 17.6 Å². The predicted molar refractivity (Wildman–Crippen MR) is 135 cm³/mol. The highest BCUT2D eigenvalue weighted by Gasteiger charge is 2.61. The second-order valence-corrected chi connectivity index (χ2v) is 8.71. The van der Waals surface area contributed by atoms with E-state index >= 15 is 0 Å². The molecule has 5 rings (SSSR count). The van der Waals surface area contributed by atoms with Gasteiger partial charge >= 0.3 is 0 Å². The molecule has 0 aliphatic carbocycles. The molecule has 0 radical (unpaired) electrons. The molecule has 0 bridgehead atoms. The normalized spacial score (nSPS) is 20.8. The van der Waals surface area contributed by atoms with E-state index in [1.165, 1.54) is 31.4 Å². The van der Waals surface area contributed by atoms with Crippen molar-refractivity contribution in [3.8, 4) is 11.5 Å². The summed E-state index contributed by atoms with van der Waals surface area (Å²) >= 11 is 0. The minimum absolute atomic E-state index is 0.170. The van der Waals surface area contributed by atoms with E-state index in [2.05, 4.69) is 0 Å². The Hall–Kier alpha value is -4.44. The standard InChI is InChI=1S/C27H25N3O7/c1-4-16-10-12-17(13-11-16)28-26(31)23-24(19-14-21(35-2)22(36-3)15-20(19)30(33)34)29(37-25(23)27(28)32)18-8-6-5-7-9-18/h5-15,23-25H,4H2,1-3H3. The lowest BCUT2D eigenvalue weighted by atomic mass is 9.89. The number of amides is 2. The summed E-state index contributed by atoms with van der Waals surface area (Å²) < 4.78 is 10.7. The van der Waals surface area contributed by atoms with Crippen molar-refractivity contribution in [1.29, 1.82) is 0 Å². The molecular formula is C27H25N3O7. The number of carbonyl (C=O) groups is 2. The zero-order valence-electron chi connectivity index (χ0n) is 20.5. The number of nitro groups is 1. The third-order valence-corrected chi connectivity index (χ3v) is 6.78. The van der Waals surface area contributed by atoms with Crippen LogP contribution in [-0.2, 0) is 20.8 Å². The van der Waals surface area contributed by atoms with Crippen molar-refractivity contribution in [3.63, 3.8) is 0 Å². The van der Waals surface area contributed by atoms with Gasteiger partial charge in [0.05, 0.1) is 42.1 Å². The maximum atomic E-state index is 13.8. The molecule has 2 aliphatic rings. The highest BCUT2D eigenvalue weighted by molar-refractivity contribution is 6.24. The molecule has 10 nitrogen and oxygen atoms in total. The number of aryl methyl sites for hydroxylation is 1. The van der Waals surface area contributed by atoms with Gasteiger partial charge in [-0.1, -0.05) is 37.3 Å². The molecule has 0 aromatic heterocycles. The van der Waals surface area contributed by atoms with Crippen LogP contribution in [0.3, 0.4) is 0 Å². The second kappa shape index (κ2) is 9.55. The van der Waals surface area contributed by atoms with E-state index in [9.17, 15) is 19.7 Å². The predicted octanol–water partition coefficient (Wildman–Crippen LogP) is 4.23. The second-order valence-electron chi connectivity index (χ2n) is 8.71. The number of carbonyl (C=O) groups excluding carboxylic acids is 2. The molecule has 37 heavy (non-hydrogen) atoms. The van der Waals surface area contributed by atoms with Crippen LogP contribution in [0.1, 0.15) is 24.1 Å².